The van der Waals surface area contributed by atoms with E-state index in [1.54, 1.807) is 24.3 Å². The summed E-state index contributed by atoms with van der Waals surface area (Å²) in [5, 5.41) is 3.26. The van der Waals surface area contributed by atoms with Gasteiger partial charge in [-0.3, -0.25) is 25.2 Å². The van der Waals surface area contributed by atoms with E-state index in [4.69, 9.17) is 11.6 Å². The highest BCUT2D eigenvalue weighted by molar-refractivity contribution is 6.30. The molecule has 0 atom stereocenters. The molecule has 0 heterocycles. The van der Waals surface area contributed by atoms with Crippen molar-refractivity contribution in [2.24, 2.45) is 0 Å². The van der Waals surface area contributed by atoms with Crippen LogP contribution in [0.15, 0.2) is 42.5 Å². The summed E-state index contributed by atoms with van der Waals surface area (Å²) in [7, 11) is 0. The molecule has 0 aliphatic carbocycles. The summed E-state index contributed by atoms with van der Waals surface area (Å²) in [6, 6.07) is 11.8. The Bertz CT molecular complexity index is 819. The highest BCUT2D eigenvalue weighted by Gasteiger charge is 2.10. The summed E-state index contributed by atoms with van der Waals surface area (Å²) < 4.78 is 0. The van der Waals surface area contributed by atoms with Gasteiger partial charge in [-0.05, 0) is 61.4 Å². The van der Waals surface area contributed by atoms with Gasteiger partial charge in [-0.1, -0.05) is 17.7 Å². The molecule has 0 aliphatic heterocycles. The van der Waals surface area contributed by atoms with Gasteiger partial charge in [-0.15, -0.1) is 0 Å². The minimum atomic E-state index is -0.463. The first-order valence-electron chi connectivity index (χ1n) is 8.07. The first-order chi connectivity index (χ1) is 12.3. The Balaban J connectivity index is 1.73. The van der Waals surface area contributed by atoms with Crippen molar-refractivity contribution in [2.75, 3.05) is 5.32 Å². The molecule has 0 aromatic heterocycles. The van der Waals surface area contributed by atoms with Crippen LogP contribution >= 0.6 is 11.6 Å². The molecule has 26 heavy (non-hydrogen) atoms. The topological polar surface area (TPSA) is 87.3 Å². The third-order valence-electron chi connectivity index (χ3n) is 3.79. The van der Waals surface area contributed by atoms with Gasteiger partial charge in [0.2, 0.25) is 11.8 Å². The Hall–Kier alpha value is -2.86. The van der Waals surface area contributed by atoms with Crippen molar-refractivity contribution < 1.29 is 14.4 Å². The molecule has 0 fully saturated rings. The van der Waals surface area contributed by atoms with Gasteiger partial charge in [0.05, 0.1) is 0 Å². The van der Waals surface area contributed by atoms with E-state index >= 15 is 0 Å². The van der Waals surface area contributed by atoms with Crippen LogP contribution in [0.4, 0.5) is 5.69 Å². The molecule has 6 nitrogen and oxygen atoms in total. The smallest absolute Gasteiger partial charge is 0.269 e. The van der Waals surface area contributed by atoms with Crippen molar-refractivity contribution in [1.82, 2.24) is 10.9 Å². The minimum Gasteiger partial charge on any atom is -0.326 e. The lowest BCUT2D eigenvalue weighted by Gasteiger charge is -2.09. The number of aryl methyl sites for hydroxylation is 2. The van der Waals surface area contributed by atoms with E-state index in [-0.39, 0.29) is 18.7 Å². The molecule has 0 unspecified atom stereocenters. The molecule has 0 radical (unpaired) electrons. The lowest BCUT2D eigenvalue weighted by Crippen LogP contribution is -2.41. The lowest BCUT2D eigenvalue weighted by molar-refractivity contribution is -0.124. The second-order valence-corrected chi connectivity index (χ2v) is 6.29. The van der Waals surface area contributed by atoms with Crippen molar-refractivity contribution >= 4 is 35.0 Å². The Morgan fingerprint density at radius 1 is 0.846 bits per heavy atom. The molecular weight excluding hydrogens is 354 g/mol. The first-order valence-corrected chi connectivity index (χ1v) is 8.45. The van der Waals surface area contributed by atoms with E-state index in [9.17, 15) is 14.4 Å². The summed E-state index contributed by atoms with van der Waals surface area (Å²) in [4.78, 5) is 35.5. The fourth-order valence-corrected chi connectivity index (χ4v) is 2.26. The number of benzene rings is 2. The van der Waals surface area contributed by atoms with Crippen LogP contribution in [-0.4, -0.2) is 17.7 Å². The van der Waals surface area contributed by atoms with Crippen LogP contribution in [0, 0.1) is 13.8 Å². The number of amides is 3. The highest BCUT2D eigenvalue weighted by Crippen LogP contribution is 2.14. The normalized spacial score (nSPS) is 10.1. The van der Waals surface area contributed by atoms with E-state index in [0.717, 1.165) is 11.1 Å². The first kappa shape index (κ1) is 19.5. The average molecular weight is 374 g/mol. The summed E-state index contributed by atoms with van der Waals surface area (Å²) in [6.07, 6.45) is -0.0346. The molecular formula is C19H20ClN3O3. The molecule has 3 N–H and O–H groups in total. The number of carbonyl (C=O) groups excluding carboxylic acids is 3. The number of anilines is 1. The number of rotatable bonds is 5. The van der Waals surface area contributed by atoms with Crippen LogP contribution in [0.2, 0.25) is 5.02 Å². The zero-order valence-corrected chi connectivity index (χ0v) is 15.3. The maximum Gasteiger partial charge on any atom is 0.269 e. The second-order valence-electron chi connectivity index (χ2n) is 5.86. The molecule has 0 spiro atoms. The second kappa shape index (κ2) is 9.01. The molecule has 7 heteroatoms. The summed E-state index contributed by atoms with van der Waals surface area (Å²) in [5.74, 6) is -1.19. The molecule has 2 aromatic carbocycles. The van der Waals surface area contributed by atoms with Crippen LogP contribution in [0.3, 0.4) is 0 Å². The maximum atomic E-state index is 11.9. The minimum absolute atomic E-state index is 0.00950. The molecule has 0 saturated carbocycles. The van der Waals surface area contributed by atoms with E-state index in [1.165, 1.54) is 0 Å². The molecule has 0 bridgehead atoms. The fourth-order valence-electron chi connectivity index (χ4n) is 2.13. The van der Waals surface area contributed by atoms with Crippen molar-refractivity contribution in [3.8, 4) is 0 Å². The highest BCUT2D eigenvalue weighted by atomic mass is 35.5. The van der Waals surface area contributed by atoms with Crippen LogP contribution in [0.1, 0.15) is 34.3 Å². The van der Waals surface area contributed by atoms with Crippen molar-refractivity contribution in [3.05, 3.63) is 64.2 Å². The number of nitrogens with one attached hydrogen (secondary N) is 3. The Kier molecular flexibility index (Phi) is 6.74. The summed E-state index contributed by atoms with van der Waals surface area (Å²) >= 11 is 5.75. The van der Waals surface area contributed by atoms with Gasteiger partial charge in [-0.25, -0.2) is 0 Å². The Morgan fingerprint density at radius 2 is 1.50 bits per heavy atom. The Morgan fingerprint density at radius 3 is 2.15 bits per heavy atom. The van der Waals surface area contributed by atoms with E-state index < -0.39 is 11.8 Å². The lowest BCUT2D eigenvalue weighted by atomic mass is 10.1. The predicted molar refractivity (Wildman–Crippen MR) is 101 cm³/mol. The molecule has 136 valence electrons. The number of carbonyl (C=O) groups is 3. The van der Waals surface area contributed by atoms with Crippen molar-refractivity contribution in [3.63, 3.8) is 0 Å². The van der Waals surface area contributed by atoms with Gasteiger partial charge in [0.15, 0.2) is 0 Å². The number of hydrogen-bond acceptors (Lipinski definition) is 3. The molecule has 3 amide bonds. The molecule has 0 saturated heterocycles. The zero-order valence-electron chi connectivity index (χ0n) is 14.6. The van der Waals surface area contributed by atoms with Gasteiger partial charge in [0.1, 0.15) is 0 Å². The number of hydrogen-bond donors (Lipinski definition) is 3. The van der Waals surface area contributed by atoms with Gasteiger partial charge < -0.3 is 5.32 Å². The van der Waals surface area contributed by atoms with Crippen LogP contribution in [0.5, 0.6) is 0 Å². The third-order valence-corrected chi connectivity index (χ3v) is 4.04. The van der Waals surface area contributed by atoms with Gasteiger partial charge in [0.25, 0.3) is 5.91 Å². The Labute approximate surface area is 156 Å². The van der Waals surface area contributed by atoms with Crippen molar-refractivity contribution in [1.29, 1.82) is 0 Å². The SMILES string of the molecule is Cc1ccc(NC(=O)CCC(=O)NNC(=O)c2ccc(Cl)cc2)cc1C. The third kappa shape index (κ3) is 5.89. The summed E-state index contributed by atoms with van der Waals surface area (Å²) in [6.45, 7) is 3.95. The zero-order chi connectivity index (χ0) is 19.1. The summed E-state index contributed by atoms with van der Waals surface area (Å²) in [5.41, 5.74) is 7.84. The maximum absolute atomic E-state index is 11.9. The number of hydrazine groups is 1. The van der Waals surface area contributed by atoms with E-state index in [1.807, 2.05) is 32.0 Å². The molecule has 2 aromatic rings. The van der Waals surface area contributed by atoms with Gasteiger partial charge in [0, 0.05) is 29.1 Å². The van der Waals surface area contributed by atoms with Crippen LogP contribution in [0.25, 0.3) is 0 Å². The van der Waals surface area contributed by atoms with E-state index in [0.29, 0.717) is 16.3 Å². The monoisotopic (exact) mass is 373 g/mol. The number of halogens is 1. The standard InChI is InChI=1S/C19H20ClN3O3/c1-12-3-8-16(11-13(12)2)21-17(24)9-10-18(25)22-23-19(26)14-4-6-15(20)7-5-14/h3-8,11H,9-10H2,1-2H3,(H,21,24)(H,22,25)(H,23,26). The molecule has 0 aliphatic rings. The molecule has 2 rings (SSSR count). The van der Waals surface area contributed by atoms with Gasteiger partial charge in [-0.2, -0.15) is 0 Å². The van der Waals surface area contributed by atoms with Crippen LogP contribution in [-0.2, 0) is 9.59 Å². The predicted octanol–water partition coefficient (Wildman–Crippen LogP) is 3.14. The quantitative estimate of drug-likeness (QED) is 0.703. The van der Waals surface area contributed by atoms with E-state index in [2.05, 4.69) is 16.2 Å². The van der Waals surface area contributed by atoms with Gasteiger partial charge >= 0.3 is 0 Å². The fraction of sp³-hybridized carbons (Fsp3) is 0.211. The average Bonchev–Trinajstić information content (AvgIpc) is 2.61. The largest absolute Gasteiger partial charge is 0.326 e. The van der Waals surface area contributed by atoms with Crippen molar-refractivity contribution in [2.45, 2.75) is 26.7 Å². The van der Waals surface area contributed by atoms with Crippen LogP contribution < -0.4 is 16.2 Å².